The van der Waals surface area contributed by atoms with Gasteiger partial charge in [-0.25, -0.2) is 0 Å². The number of hydrogen-bond acceptors (Lipinski definition) is 2. The van der Waals surface area contributed by atoms with E-state index in [1.807, 2.05) is 11.9 Å². The second-order valence-electron chi connectivity index (χ2n) is 3.43. The minimum Gasteiger partial charge on any atom is -0.340 e. The molecule has 0 aromatic carbocycles. The van der Waals surface area contributed by atoms with Crippen molar-refractivity contribution < 1.29 is 4.79 Å². The Kier molecular flexibility index (Phi) is 3.53. The van der Waals surface area contributed by atoms with Crippen molar-refractivity contribution in [1.82, 2.24) is 10.2 Å². The first-order chi connectivity index (χ1) is 5.75. The van der Waals surface area contributed by atoms with Gasteiger partial charge in [0.2, 0.25) is 5.91 Å². The topological polar surface area (TPSA) is 32.3 Å². The zero-order chi connectivity index (χ0) is 8.97. The van der Waals surface area contributed by atoms with Gasteiger partial charge in [-0.1, -0.05) is 0 Å². The molecule has 0 spiro atoms. The van der Waals surface area contributed by atoms with Crippen LogP contribution in [0.3, 0.4) is 0 Å². The summed E-state index contributed by atoms with van der Waals surface area (Å²) in [6.07, 6.45) is 2.86. The van der Waals surface area contributed by atoms with Crippen molar-refractivity contribution in [3.05, 3.63) is 0 Å². The average Bonchev–Trinajstić information content (AvgIpc) is 2.47. The molecule has 3 heteroatoms. The number of hydrogen-bond donors (Lipinski definition) is 1. The predicted molar refractivity (Wildman–Crippen MR) is 49.0 cm³/mol. The quantitative estimate of drug-likeness (QED) is 0.670. The molecule has 0 bridgehead atoms. The van der Waals surface area contributed by atoms with Gasteiger partial charge >= 0.3 is 0 Å². The van der Waals surface area contributed by atoms with Gasteiger partial charge in [0, 0.05) is 19.0 Å². The smallest absolute Gasteiger partial charge is 0.222 e. The summed E-state index contributed by atoms with van der Waals surface area (Å²) in [6, 6.07) is 0.410. The first kappa shape index (κ1) is 9.52. The molecule has 1 aliphatic heterocycles. The second kappa shape index (κ2) is 4.45. The molecular weight excluding hydrogens is 152 g/mol. The van der Waals surface area contributed by atoms with E-state index in [0.29, 0.717) is 11.9 Å². The fourth-order valence-electron chi connectivity index (χ4n) is 1.64. The van der Waals surface area contributed by atoms with Crippen molar-refractivity contribution in [2.75, 3.05) is 20.1 Å². The summed E-state index contributed by atoms with van der Waals surface area (Å²) in [6.45, 7) is 4.08. The third kappa shape index (κ3) is 2.21. The number of nitrogens with one attached hydrogen (secondary N) is 1. The molecule has 1 aliphatic rings. The summed E-state index contributed by atoms with van der Waals surface area (Å²) in [5.74, 6) is 0.332. The Bertz CT molecular complexity index is 159. The van der Waals surface area contributed by atoms with Crippen molar-refractivity contribution >= 4 is 5.91 Å². The molecular formula is C9H18N2O. The third-order valence-electron chi connectivity index (χ3n) is 2.45. The minimum atomic E-state index is 0.332. The standard InChI is InChI=1S/C9H18N2O/c1-8(5-6-10-2)11-7-3-4-9(11)12/h8,10H,3-7H2,1-2H3. The number of nitrogens with zero attached hydrogens (tertiary/aromatic N) is 1. The third-order valence-corrected chi connectivity index (χ3v) is 2.45. The number of rotatable bonds is 4. The lowest BCUT2D eigenvalue weighted by molar-refractivity contribution is -0.129. The minimum absolute atomic E-state index is 0.332. The molecule has 12 heavy (non-hydrogen) atoms. The van der Waals surface area contributed by atoms with Crippen molar-refractivity contribution in [1.29, 1.82) is 0 Å². The van der Waals surface area contributed by atoms with Crippen LogP contribution in [0.15, 0.2) is 0 Å². The van der Waals surface area contributed by atoms with E-state index in [1.54, 1.807) is 0 Å². The van der Waals surface area contributed by atoms with Crippen molar-refractivity contribution in [3.63, 3.8) is 0 Å². The molecule has 1 N–H and O–H groups in total. The van der Waals surface area contributed by atoms with Crippen LogP contribution in [0.5, 0.6) is 0 Å². The van der Waals surface area contributed by atoms with Gasteiger partial charge in [0.25, 0.3) is 0 Å². The van der Waals surface area contributed by atoms with Gasteiger partial charge in [0.1, 0.15) is 0 Å². The molecule has 1 amide bonds. The molecule has 3 nitrogen and oxygen atoms in total. The summed E-state index contributed by atoms with van der Waals surface area (Å²) in [5, 5.41) is 3.10. The van der Waals surface area contributed by atoms with E-state index in [9.17, 15) is 4.79 Å². The largest absolute Gasteiger partial charge is 0.340 e. The number of carbonyl (C=O) groups excluding carboxylic acids is 1. The van der Waals surface area contributed by atoms with Crippen LogP contribution in [0.1, 0.15) is 26.2 Å². The molecule has 0 saturated carbocycles. The maximum atomic E-state index is 11.3. The molecule has 0 aromatic rings. The average molecular weight is 170 g/mol. The first-order valence-corrected chi connectivity index (χ1v) is 4.69. The lowest BCUT2D eigenvalue weighted by Gasteiger charge is -2.23. The zero-order valence-corrected chi connectivity index (χ0v) is 7.97. The maximum absolute atomic E-state index is 11.3. The van der Waals surface area contributed by atoms with Gasteiger partial charge in [-0.2, -0.15) is 0 Å². The number of likely N-dealkylation sites (tertiary alicyclic amines) is 1. The van der Waals surface area contributed by atoms with E-state index in [0.717, 1.165) is 32.4 Å². The highest BCUT2D eigenvalue weighted by Gasteiger charge is 2.24. The Morgan fingerprint density at radius 1 is 1.67 bits per heavy atom. The highest BCUT2D eigenvalue weighted by molar-refractivity contribution is 5.78. The summed E-state index contributed by atoms with van der Waals surface area (Å²) < 4.78 is 0. The van der Waals surface area contributed by atoms with E-state index < -0.39 is 0 Å². The van der Waals surface area contributed by atoms with Crippen LogP contribution in [-0.4, -0.2) is 37.0 Å². The van der Waals surface area contributed by atoms with Gasteiger partial charge in [0.05, 0.1) is 0 Å². The molecule has 0 aromatic heterocycles. The summed E-state index contributed by atoms with van der Waals surface area (Å²) in [4.78, 5) is 13.3. The maximum Gasteiger partial charge on any atom is 0.222 e. The molecule has 1 atom stereocenters. The summed E-state index contributed by atoms with van der Waals surface area (Å²) >= 11 is 0. The molecule has 1 fully saturated rings. The summed E-state index contributed by atoms with van der Waals surface area (Å²) in [7, 11) is 1.94. The van der Waals surface area contributed by atoms with E-state index in [1.165, 1.54) is 0 Å². The Morgan fingerprint density at radius 3 is 2.92 bits per heavy atom. The normalized spacial score (nSPS) is 20.2. The van der Waals surface area contributed by atoms with Crippen LogP contribution >= 0.6 is 0 Å². The number of carbonyl (C=O) groups is 1. The molecule has 0 aliphatic carbocycles. The molecule has 1 unspecified atom stereocenters. The highest BCUT2D eigenvalue weighted by Crippen LogP contribution is 2.14. The Balaban J connectivity index is 2.30. The first-order valence-electron chi connectivity index (χ1n) is 4.69. The van der Waals surface area contributed by atoms with Gasteiger partial charge in [0.15, 0.2) is 0 Å². The fourth-order valence-corrected chi connectivity index (χ4v) is 1.64. The number of amides is 1. The van der Waals surface area contributed by atoms with Crippen LogP contribution < -0.4 is 5.32 Å². The highest BCUT2D eigenvalue weighted by atomic mass is 16.2. The van der Waals surface area contributed by atoms with Gasteiger partial charge in [-0.05, 0) is 33.4 Å². The molecule has 1 rings (SSSR count). The monoisotopic (exact) mass is 170 g/mol. The van der Waals surface area contributed by atoms with Gasteiger partial charge in [-0.15, -0.1) is 0 Å². The van der Waals surface area contributed by atoms with E-state index in [-0.39, 0.29) is 0 Å². The van der Waals surface area contributed by atoms with Crippen LogP contribution in [-0.2, 0) is 4.79 Å². The van der Waals surface area contributed by atoms with Gasteiger partial charge < -0.3 is 10.2 Å². The SMILES string of the molecule is CNCCC(C)N1CCCC1=O. The van der Waals surface area contributed by atoms with Crippen molar-refractivity contribution in [2.45, 2.75) is 32.2 Å². The van der Waals surface area contributed by atoms with E-state index in [2.05, 4.69) is 12.2 Å². The van der Waals surface area contributed by atoms with Crippen LogP contribution in [0, 0.1) is 0 Å². The van der Waals surface area contributed by atoms with Crippen LogP contribution in [0.25, 0.3) is 0 Å². The molecule has 70 valence electrons. The predicted octanol–water partition coefficient (Wildman–Crippen LogP) is 0.607. The van der Waals surface area contributed by atoms with Crippen LogP contribution in [0.4, 0.5) is 0 Å². The lowest BCUT2D eigenvalue weighted by atomic mass is 10.2. The molecule has 0 radical (unpaired) electrons. The van der Waals surface area contributed by atoms with Crippen molar-refractivity contribution in [3.8, 4) is 0 Å². The Morgan fingerprint density at radius 2 is 2.42 bits per heavy atom. The van der Waals surface area contributed by atoms with Crippen molar-refractivity contribution in [2.24, 2.45) is 0 Å². The van der Waals surface area contributed by atoms with Crippen LogP contribution in [0.2, 0.25) is 0 Å². The second-order valence-corrected chi connectivity index (χ2v) is 3.43. The molecule has 1 saturated heterocycles. The Hall–Kier alpha value is -0.570. The van der Waals surface area contributed by atoms with Gasteiger partial charge in [-0.3, -0.25) is 4.79 Å². The van der Waals surface area contributed by atoms with E-state index >= 15 is 0 Å². The fraction of sp³-hybridized carbons (Fsp3) is 0.889. The van der Waals surface area contributed by atoms with E-state index in [4.69, 9.17) is 0 Å². The zero-order valence-electron chi connectivity index (χ0n) is 7.97. The lowest BCUT2D eigenvalue weighted by Crippen LogP contribution is -2.35. The summed E-state index contributed by atoms with van der Waals surface area (Å²) in [5.41, 5.74) is 0. The Labute approximate surface area is 74.1 Å². The molecule has 1 heterocycles.